The predicted molar refractivity (Wildman–Crippen MR) is 109 cm³/mol. The van der Waals surface area contributed by atoms with Crippen molar-refractivity contribution >= 4 is 28.9 Å². The molecule has 130 valence electrons. The first-order valence-corrected chi connectivity index (χ1v) is 10.4. The first-order chi connectivity index (χ1) is 12.2. The fourth-order valence-electron chi connectivity index (χ4n) is 3.79. The van der Waals surface area contributed by atoms with Crippen LogP contribution in [0, 0.1) is 0 Å². The average Bonchev–Trinajstić information content (AvgIpc) is 3.24. The van der Waals surface area contributed by atoms with E-state index in [1.54, 1.807) is 11.8 Å². The van der Waals surface area contributed by atoms with E-state index in [0.717, 1.165) is 36.6 Å². The Bertz CT molecular complexity index is 771. The van der Waals surface area contributed by atoms with Crippen molar-refractivity contribution in [2.75, 3.05) is 19.3 Å². The SMILES string of the molecule is CSc1ccc(C2=CCC3=NC(CCN4CCCC4C)=NC3=C2)cc1. The molecule has 1 aromatic carbocycles. The standard InChI is InChI=1S/C21H25N3S/c1-15-4-3-12-24(15)13-11-21-22-19-10-7-17(14-20(19)23-21)16-5-8-18(25-2)9-6-16/h5-9,14-15H,3-4,10-13H2,1-2H3. The van der Waals surface area contributed by atoms with Crippen LogP contribution in [0.5, 0.6) is 0 Å². The van der Waals surface area contributed by atoms with Crippen LogP contribution < -0.4 is 0 Å². The van der Waals surface area contributed by atoms with Crippen LogP contribution in [0.1, 0.15) is 38.2 Å². The Morgan fingerprint density at radius 1 is 1.20 bits per heavy atom. The number of benzene rings is 1. The highest BCUT2D eigenvalue weighted by atomic mass is 32.2. The molecule has 1 fully saturated rings. The van der Waals surface area contributed by atoms with Gasteiger partial charge < -0.3 is 4.90 Å². The van der Waals surface area contributed by atoms with Gasteiger partial charge in [0.25, 0.3) is 0 Å². The summed E-state index contributed by atoms with van der Waals surface area (Å²) in [4.78, 5) is 13.4. The van der Waals surface area contributed by atoms with Gasteiger partial charge in [0.1, 0.15) is 5.84 Å². The Morgan fingerprint density at radius 2 is 2.04 bits per heavy atom. The molecule has 0 saturated carbocycles. The monoisotopic (exact) mass is 351 g/mol. The van der Waals surface area contributed by atoms with Gasteiger partial charge in [-0.05, 0) is 61.9 Å². The molecule has 0 aromatic heterocycles. The molecule has 0 spiro atoms. The number of likely N-dealkylation sites (tertiary alicyclic amines) is 1. The number of thioether (sulfide) groups is 1. The maximum absolute atomic E-state index is 4.81. The summed E-state index contributed by atoms with van der Waals surface area (Å²) in [5.41, 5.74) is 4.73. The van der Waals surface area contributed by atoms with Crippen LogP contribution in [0.2, 0.25) is 0 Å². The van der Waals surface area contributed by atoms with E-state index in [-0.39, 0.29) is 0 Å². The van der Waals surface area contributed by atoms with Crippen LogP contribution in [-0.4, -0.2) is 41.8 Å². The van der Waals surface area contributed by atoms with Crippen LogP contribution in [-0.2, 0) is 0 Å². The second-order valence-electron chi connectivity index (χ2n) is 6.99. The molecule has 1 aromatic rings. The molecule has 2 aliphatic heterocycles. The highest BCUT2D eigenvalue weighted by Gasteiger charge is 2.23. The summed E-state index contributed by atoms with van der Waals surface area (Å²) in [7, 11) is 0. The van der Waals surface area contributed by atoms with Gasteiger partial charge in [0.15, 0.2) is 0 Å². The molecule has 25 heavy (non-hydrogen) atoms. The number of amidine groups is 1. The topological polar surface area (TPSA) is 28.0 Å². The highest BCUT2D eigenvalue weighted by molar-refractivity contribution is 7.98. The third-order valence-electron chi connectivity index (χ3n) is 5.35. The summed E-state index contributed by atoms with van der Waals surface area (Å²) < 4.78 is 0. The molecule has 4 heteroatoms. The van der Waals surface area contributed by atoms with E-state index >= 15 is 0 Å². The minimum atomic E-state index is 0.716. The quantitative estimate of drug-likeness (QED) is 0.712. The van der Waals surface area contributed by atoms with E-state index in [9.17, 15) is 0 Å². The molecule has 0 amide bonds. The zero-order valence-corrected chi connectivity index (χ0v) is 15.9. The predicted octanol–water partition coefficient (Wildman–Crippen LogP) is 4.81. The van der Waals surface area contributed by atoms with Gasteiger partial charge in [-0.15, -0.1) is 11.8 Å². The molecule has 1 unspecified atom stereocenters. The molecule has 0 bridgehead atoms. The molecule has 1 atom stereocenters. The minimum Gasteiger partial charge on any atom is -0.300 e. The molecule has 1 saturated heterocycles. The maximum atomic E-state index is 4.81. The van der Waals surface area contributed by atoms with Gasteiger partial charge in [-0.2, -0.15) is 0 Å². The Kier molecular flexibility index (Phi) is 4.91. The molecule has 1 aliphatic carbocycles. The summed E-state index contributed by atoms with van der Waals surface area (Å²) in [6.07, 6.45) is 11.1. The fraction of sp³-hybridized carbons (Fsp3) is 0.429. The van der Waals surface area contributed by atoms with Gasteiger partial charge in [0.05, 0.1) is 11.4 Å². The third kappa shape index (κ3) is 3.65. The molecule has 2 heterocycles. The lowest BCUT2D eigenvalue weighted by molar-refractivity contribution is 0.277. The van der Waals surface area contributed by atoms with Crippen LogP contribution in [0.3, 0.4) is 0 Å². The molecule has 0 radical (unpaired) electrons. The van der Waals surface area contributed by atoms with E-state index in [0.29, 0.717) is 6.04 Å². The van der Waals surface area contributed by atoms with Gasteiger partial charge in [-0.25, -0.2) is 9.98 Å². The summed E-state index contributed by atoms with van der Waals surface area (Å²) in [6.45, 7) is 4.64. The van der Waals surface area contributed by atoms with Crippen molar-refractivity contribution in [3.63, 3.8) is 0 Å². The Morgan fingerprint density at radius 3 is 2.76 bits per heavy atom. The van der Waals surface area contributed by atoms with E-state index in [1.807, 2.05) is 0 Å². The molecule has 3 nitrogen and oxygen atoms in total. The minimum absolute atomic E-state index is 0.716. The largest absolute Gasteiger partial charge is 0.300 e. The van der Waals surface area contributed by atoms with E-state index in [1.165, 1.54) is 35.4 Å². The Balaban J connectivity index is 1.44. The normalized spacial score (nSPS) is 23.0. The molecule has 4 rings (SSSR count). The fourth-order valence-corrected chi connectivity index (χ4v) is 4.19. The number of fused-ring (bicyclic) bond motifs is 1. The number of hydrogen-bond acceptors (Lipinski definition) is 4. The first-order valence-electron chi connectivity index (χ1n) is 9.19. The summed E-state index contributed by atoms with van der Waals surface area (Å²) in [5, 5.41) is 0. The zero-order chi connectivity index (χ0) is 17.2. The molecule has 3 aliphatic rings. The molecule has 0 N–H and O–H groups in total. The van der Waals surface area contributed by atoms with Crippen LogP contribution >= 0.6 is 11.8 Å². The lowest BCUT2D eigenvalue weighted by Gasteiger charge is -2.19. The van der Waals surface area contributed by atoms with Crippen molar-refractivity contribution in [1.82, 2.24) is 4.90 Å². The first kappa shape index (κ1) is 16.8. The summed E-state index contributed by atoms with van der Waals surface area (Å²) >= 11 is 1.78. The lowest BCUT2D eigenvalue weighted by Crippen LogP contribution is -2.28. The highest BCUT2D eigenvalue weighted by Crippen LogP contribution is 2.29. The van der Waals surface area contributed by atoms with E-state index in [2.05, 4.69) is 54.5 Å². The van der Waals surface area contributed by atoms with Crippen molar-refractivity contribution in [2.45, 2.75) is 43.5 Å². The second-order valence-corrected chi connectivity index (χ2v) is 7.87. The smallest absolute Gasteiger partial charge is 0.130 e. The zero-order valence-electron chi connectivity index (χ0n) is 15.0. The Labute approximate surface area is 154 Å². The number of allylic oxidation sites excluding steroid dienone is 4. The average molecular weight is 352 g/mol. The van der Waals surface area contributed by atoms with Gasteiger partial charge in [0.2, 0.25) is 0 Å². The molecular weight excluding hydrogens is 326 g/mol. The van der Waals surface area contributed by atoms with Crippen molar-refractivity contribution in [3.8, 4) is 0 Å². The van der Waals surface area contributed by atoms with E-state index in [4.69, 9.17) is 9.98 Å². The lowest BCUT2D eigenvalue weighted by atomic mass is 9.97. The van der Waals surface area contributed by atoms with Crippen molar-refractivity contribution < 1.29 is 0 Å². The van der Waals surface area contributed by atoms with Gasteiger partial charge in [-0.3, -0.25) is 0 Å². The van der Waals surface area contributed by atoms with Gasteiger partial charge in [-0.1, -0.05) is 18.2 Å². The van der Waals surface area contributed by atoms with Crippen molar-refractivity contribution in [2.24, 2.45) is 9.98 Å². The number of rotatable bonds is 5. The van der Waals surface area contributed by atoms with Gasteiger partial charge in [0, 0.05) is 30.3 Å². The van der Waals surface area contributed by atoms with Crippen LogP contribution in [0.4, 0.5) is 0 Å². The number of aliphatic imine (C=N–C) groups is 2. The molecular formula is C21H25N3S. The maximum Gasteiger partial charge on any atom is 0.130 e. The van der Waals surface area contributed by atoms with E-state index < -0.39 is 0 Å². The summed E-state index contributed by atoms with van der Waals surface area (Å²) in [6, 6.07) is 9.48. The second kappa shape index (κ2) is 7.30. The van der Waals surface area contributed by atoms with Crippen LogP contribution in [0.25, 0.3) is 5.57 Å². The van der Waals surface area contributed by atoms with Crippen molar-refractivity contribution in [3.05, 3.63) is 47.7 Å². The van der Waals surface area contributed by atoms with Crippen LogP contribution in [0.15, 0.2) is 57.0 Å². The van der Waals surface area contributed by atoms with Gasteiger partial charge >= 0.3 is 0 Å². The van der Waals surface area contributed by atoms with Crippen molar-refractivity contribution in [1.29, 1.82) is 0 Å². The third-order valence-corrected chi connectivity index (χ3v) is 6.10. The Hall–Kier alpha value is -1.65. The number of hydrogen-bond donors (Lipinski definition) is 0. The summed E-state index contributed by atoms with van der Waals surface area (Å²) in [5.74, 6) is 1.01. The number of nitrogens with zero attached hydrogens (tertiary/aromatic N) is 3.